The molecule has 0 fully saturated rings. The van der Waals surface area contributed by atoms with Crippen molar-refractivity contribution < 1.29 is 19.4 Å². The first kappa shape index (κ1) is 14.1. The molecule has 2 aromatic rings. The number of carbonyl (C=O) groups excluding carboxylic acids is 1. The highest BCUT2D eigenvalue weighted by molar-refractivity contribution is 5.96. The summed E-state index contributed by atoms with van der Waals surface area (Å²) in [6.45, 7) is 1.42. The molecule has 1 aliphatic heterocycles. The van der Waals surface area contributed by atoms with E-state index >= 15 is 0 Å². The summed E-state index contributed by atoms with van der Waals surface area (Å²) in [6, 6.07) is 8.83. The van der Waals surface area contributed by atoms with Crippen molar-refractivity contribution in [3.63, 3.8) is 0 Å². The van der Waals surface area contributed by atoms with Crippen LogP contribution in [-0.4, -0.2) is 45.3 Å². The van der Waals surface area contributed by atoms with Crippen LogP contribution in [0.4, 0.5) is 0 Å². The summed E-state index contributed by atoms with van der Waals surface area (Å²) < 4.78 is 6.63. The lowest BCUT2D eigenvalue weighted by Crippen LogP contribution is -2.39. The van der Waals surface area contributed by atoms with Crippen LogP contribution >= 0.6 is 0 Å². The molecule has 0 atom stereocenters. The molecule has 1 aromatic carbocycles. The molecule has 0 saturated heterocycles. The molecule has 3 rings (SSSR count). The molecule has 22 heavy (non-hydrogen) atoms. The number of methoxy groups -OCH3 is 1. The number of rotatable bonds is 4. The molecule has 7 nitrogen and oxygen atoms in total. The van der Waals surface area contributed by atoms with E-state index in [1.54, 1.807) is 12.0 Å². The molecular weight excluding hydrogens is 286 g/mol. The minimum Gasteiger partial charge on any atom is -0.497 e. The molecular formula is C15H15N3O4. The molecule has 0 bridgehead atoms. The summed E-state index contributed by atoms with van der Waals surface area (Å²) in [6.07, 6.45) is 0. The molecule has 0 aliphatic carbocycles. The zero-order valence-electron chi connectivity index (χ0n) is 12.0. The number of nitrogens with zero attached hydrogens (tertiary/aromatic N) is 3. The number of ether oxygens (including phenoxy) is 1. The second-order valence-corrected chi connectivity index (χ2v) is 5.02. The highest BCUT2D eigenvalue weighted by Crippen LogP contribution is 2.19. The summed E-state index contributed by atoms with van der Waals surface area (Å²) >= 11 is 0. The first-order chi connectivity index (χ1) is 10.6. The van der Waals surface area contributed by atoms with Gasteiger partial charge in [-0.25, -0.2) is 4.79 Å². The zero-order chi connectivity index (χ0) is 15.7. The Balaban J connectivity index is 1.81. The van der Waals surface area contributed by atoms with Gasteiger partial charge in [0.05, 0.1) is 13.7 Å². The number of amides is 1. The molecule has 0 radical (unpaired) electrons. The SMILES string of the molecule is COc1cccc(CN2CCn3nc(C(=O)O)cc3C2=O)c1. The van der Waals surface area contributed by atoms with Crippen LogP contribution in [0.2, 0.25) is 0 Å². The third-order valence-electron chi connectivity index (χ3n) is 3.59. The van der Waals surface area contributed by atoms with Gasteiger partial charge in [0.15, 0.2) is 5.69 Å². The van der Waals surface area contributed by atoms with E-state index in [2.05, 4.69) is 5.10 Å². The Morgan fingerprint density at radius 3 is 2.91 bits per heavy atom. The Kier molecular flexibility index (Phi) is 3.54. The maximum Gasteiger partial charge on any atom is 0.356 e. The molecule has 114 valence electrons. The van der Waals surface area contributed by atoms with Gasteiger partial charge < -0.3 is 14.7 Å². The van der Waals surface area contributed by atoms with Crippen LogP contribution in [-0.2, 0) is 13.1 Å². The van der Waals surface area contributed by atoms with Crippen LogP contribution in [0, 0.1) is 0 Å². The average Bonchev–Trinajstić information content (AvgIpc) is 2.96. The number of aromatic carboxylic acids is 1. The fourth-order valence-electron chi connectivity index (χ4n) is 2.48. The van der Waals surface area contributed by atoms with Gasteiger partial charge in [0.2, 0.25) is 0 Å². The highest BCUT2D eigenvalue weighted by atomic mass is 16.5. The summed E-state index contributed by atoms with van der Waals surface area (Å²) in [5.74, 6) is -0.608. The van der Waals surface area contributed by atoms with Crippen molar-refractivity contribution in [1.82, 2.24) is 14.7 Å². The second kappa shape index (κ2) is 5.51. The van der Waals surface area contributed by atoms with Gasteiger partial charge >= 0.3 is 5.97 Å². The van der Waals surface area contributed by atoms with E-state index in [1.165, 1.54) is 10.7 Å². The number of carbonyl (C=O) groups is 2. The van der Waals surface area contributed by atoms with Crippen molar-refractivity contribution in [2.75, 3.05) is 13.7 Å². The Morgan fingerprint density at radius 2 is 2.18 bits per heavy atom. The zero-order valence-corrected chi connectivity index (χ0v) is 12.0. The lowest BCUT2D eigenvalue weighted by Gasteiger charge is -2.27. The molecule has 2 heterocycles. The monoisotopic (exact) mass is 301 g/mol. The third-order valence-corrected chi connectivity index (χ3v) is 3.59. The number of carboxylic acids is 1. The normalized spacial score (nSPS) is 13.9. The minimum atomic E-state index is -1.13. The Bertz CT molecular complexity index is 738. The third kappa shape index (κ3) is 2.52. The van der Waals surface area contributed by atoms with Gasteiger partial charge in [-0.15, -0.1) is 0 Å². The standard InChI is InChI=1S/C15H15N3O4/c1-22-11-4-2-3-10(7-11)9-17-5-6-18-13(14(17)19)8-12(16-18)15(20)21/h2-4,7-8H,5-6,9H2,1H3,(H,20,21). The number of fused-ring (bicyclic) bond motifs is 1. The lowest BCUT2D eigenvalue weighted by atomic mass is 10.1. The Hall–Kier alpha value is -2.83. The van der Waals surface area contributed by atoms with Gasteiger partial charge in [-0.3, -0.25) is 9.48 Å². The van der Waals surface area contributed by atoms with E-state index < -0.39 is 5.97 Å². The van der Waals surface area contributed by atoms with E-state index in [4.69, 9.17) is 9.84 Å². The van der Waals surface area contributed by atoms with E-state index in [9.17, 15) is 9.59 Å². The second-order valence-electron chi connectivity index (χ2n) is 5.02. The maximum absolute atomic E-state index is 12.5. The summed E-state index contributed by atoms with van der Waals surface area (Å²) in [7, 11) is 1.59. The maximum atomic E-state index is 12.5. The molecule has 7 heteroatoms. The van der Waals surface area contributed by atoms with Crippen LogP contribution in [0.25, 0.3) is 0 Å². The minimum absolute atomic E-state index is 0.105. The lowest BCUT2D eigenvalue weighted by molar-refractivity contribution is 0.0670. The molecule has 0 saturated carbocycles. The Labute approximate surface area is 126 Å². The van der Waals surface area contributed by atoms with E-state index in [1.807, 2.05) is 24.3 Å². The van der Waals surface area contributed by atoms with Crippen molar-refractivity contribution in [2.45, 2.75) is 13.1 Å². The summed E-state index contributed by atoms with van der Waals surface area (Å²) in [5.41, 5.74) is 1.16. The van der Waals surface area contributed by atoms with Gasteiger partial charge in [0, 0.05) is 19.2 Å². The summed E-state index contributed by atoms with van der Waals surface area (Å²) in [5, 5.41) is 12.9. The van der Waals surface area contributed by atoms with E-state index in [-0.39, 0.29) is 11.6 Å². The first-order valence-electron chi connectivity index (χ1n) is 6.82. The smallest absolute Gasteiger partial charge is 0.356 e. The van der Waals surface area contributed by atoms with Crippen LogP contribution in [0.3, 0.4) is 0 Å². The first-order valence-corrected chi connectivity index (χ1v) is 6.82. The van der Waals surface area contributed by atoms with Crippen molar-refractivity contribution in [2.24, 2.45) is 0 Å². The average molecular weight is 301 g/mol. The molecule has 1 aromatic heterocycles. The van der Waals surface area contributed by atoms with Crippen LogP contribution in [0.1, 0.15) is 26.5 Å². The van der Waals surface area contributed by atoms with E-state index in [0.717, 1.165) is 11.3 Å². The van der Waals surface area contributed by atoms with Crippen molar-refractivity contribution in [1.29, 1.82) is 0 Å². The predicted octanol–water partition coefficient (Wildman–Crippen LogP) is 1.25. The fraction of sp³-hybridized carbons (Fsp3) is 0.267. The van der Waals surface area contributed by atoms with Crippen molar-refractivity contribution in [3.8, 4) is 5.75 Å². The highest BCUT2D eigenvalue weighted by Gasteiger charge is 2.27. The predicted molar refractivity (Wildman–Crippen MR) is 76.9 cm³/mol. The molecule has 1 N–H and O–H groups in total. The number of hydrogen-bond acceptors (Lipinski definition) is 4. The number of aromatic nitrogens is 2. The van der Waals surface area contributed by atoms with Gasteiger partial charge in [-0.1, -0.05) is 12.1 Å². The number of hydrogen-bond donors (Lipinski definition) is 1. The Morgan fingerprint density at radius 1 is 1.36 bits per heavy atom. The van der Waals surface area contributed by atoms with Crippen LogP contribution < -0.4 is 4.74 Å². The van der Waals surface area contributed by atoms with Gasteiger partial charge in [0.25, 0.3) is 5.91 Å². The van der Waals surface area contributed by atoms with Gasteiger partial charge in [-0.05, 0) is 17.7 Å². The molecule has 1 amide bonds. The van der Waals surface area contributed by atoms with Crippen LogP contribution in [0.5, 0.6) is 5.75 Å². The van der Waals surface area contributed by atoms with Gasteiger partial charge in [0.1, 0.15) is 11.4 Å². The fourth-order valence-corrected chi connectivity index (χ4v) is 2.48. The molecule has 1 aliphatic rings. The summed E-state index contributed by atoms with van der Waals surface area (Å²) in [4.78, 5) is 25.1. The van der Waals surface area contributed by atoms with Crippen molar-refractivity contribution >= 4 is 11.9 Å². The van der Waals surface area contributed by atoms with Crippen LogP contribution in [0.15, 0.2) is 30.3 Å². The van der Waals surface area contributed by atoms with Crippen molar-refractivity contribution in [3.05, 3.63) is 47.3 Å². The molecule has 0 unspecified atom stereocenters. The topological polar surface area (TPSA) is 84.7 Å². The quantitative estimate of drug-likeness (QED) is 0.918. The van der Waals surface area contributed by atoms with E-state index in [0.29, 0.717) is 25.3 Å². The number of benzene rings is 1. The largest absolute Gasteiger partial charge is 0.497 e. The number of carboxylic acid groups (broad SMARTS) is 1. The van der Waals surface area contributed by atoms with Gasteiger partial charge in [-0.2, -0.15) is 5.10 Å². The molecule has 0 spiro atoms.